The molecule has 0 radical (unpaired) electrons. The Balaban J connectivity index is 2.82. The molecule has 0 aliphatic heterocycles. The van der Waals surface area contributed by atoms with E-state index in [9.17, 15) is 4.79 Å². The Hall–Kier alpha value is -1.31. The minimum Gasteiger partial charge on any atom is -0.481 e. The third-order valence-corrected chi connectivity index (χ3v) is 2.73. The van der Waals surface area contributed by atoms with Gasteiger partial charge < -0.3 is 5.11 Å². The number of carboxylic acid groups (broad SMARTS) is 1. The zero-order chi connectivity index (χ0) is 12.1. The van der Waals surface area contributed by atoms with E-state index < -0.39 is 5.97 Å². The van der Waals surface area contributed by atoms with E-state index in [1.54, 1.807) is 0 Å². The van der Waals surface area contributed by atoms with Crippen molar-refractivity contribution in [1.29, 1.82) is 0 Å². The van der Waals surface area contributed by atoms with E-state index in [1.165, 1.54) is 5.56 Å². The van der Waals surface area contributed by atoms with Crippen molar-refractivity contribution >= 4 is 5.97 Å². The molecule has 0 saturated carbocycles. The third-order valence-electron chi connectivity index (χ3n) is 2.73. The molecule has 0 heterocycles. The first-order chi connectivity index (χ1) is 7.49. The topological polar surface area (TPSA) is 37.3 Å². The number of rotatable bonds is 5. The number of hydrogen-bond donors (Lipinski definition) is 1. The van der Waals surface area contributed by atoms with Crippen molar-refractivity contribution in [3.63, 3.8) is 0 Å². The Bertz CT molecular complexity index is 338. The highest BCUT2D eigenvalue weighted by atomic mass is 16.4. The average molecular weight is 220 g/mol. The molecule has 88 valence electrons. The highest BCUT2D eigenvalue weighted by molar-refractivity contribution is 5.68. The number of carboxylic acids is 1. The highest BCUT2D eigenvalue weighted by Crippen LogP contribution is 2.27. The van der Waals surface area contributed by atoms with Gasteiger partial charge in [-0.25, -0.2) is 0 Å². The SMILES string of the molecule is Cc1ccc(C(CC(=O)O)CC(C)C)cc1. The van der Waals surface area contributed by atoms with E-state index in [2.05, 4.69) is 13.8 Å². The summed E-state index contributed by atoms with van der Waals surface area (Å²) < 4.78 is 0. The molecule has 1 N–H and O–H groups in total. The molecule has 2 nitrogen and oxygen atoms in total. The van der Waals surface area contributed by atoms with Gasteiger partial charge in [-0.15, -0.1) is 0 Å². The maximum Gasteiger partial charge on any atom is 0.303 e. The summed E-state index contributed by atoms with van der Waals surface area (Å²) in [6.07, 6.45) is 1.15. The summed E-state index contributed by atoms with van der Waals surface area (Å²) in [5.41, 5.74) is 2.35. The molecule has 1 aromatic rings. The van der Waals surface area contributed by atoms with Crippen molar-refractivity contribution in [2.75, 3.05) is 0 Å². The zero-order valence-electron chi connectivity index (χ0n) is 10.2. The minimum atomic E-state index is -0.716. The largest absolute Gasteiger partial charge is 0.481 e. The summed E-state index contributed by atoms with van der Waals surface area (Å²) in [5, 5.41) is 8.91. The standard InChI is InChI=1S/C14H20O2/c1-10(2)8-13(9-14(15)16)12-6-4-11(3)5-7-12/h4-7,10,13H,8-9H2,1-3H3,(H,15,16). The fourth-order valence-corrected chi connectivity index (χ4v) is 1.96. The summed E-state index contributed by atoms with van der Waals surface area (Å²) in [6, 6.07) is 8.19. The number of benzene rings is 1. The predicted molar refractivity (Wildman–Crippen MR) is 65.6 cm³/mol. The van der Waals surface area contributed by atoms with Crippen LogP contribution in [0.5, 0.6) is 0 Å². The van der Waals surface area contributed by atoms with E-state index in [1.807, 2.05) is 31.2 Å². The average Bonchev–Trinajstić information content (AvgIpc) is 2.16. The second-order valence-corrected chi connectivity index (χ2v) is 4.84. The van der Waals surface area contributed by atoms with Gasteiger partial charge in [-0.3, -0.25) is 4.79 Å². The van der Waals surface area contributed by atoms with Gasteiger partial charge in [-0.1, -0.05) is 43.7 Å². The van der Waals surface area contributed by atoms with Crippen LogP contribution in [0.25, 0.3) is 0 Å². The highest BCUT2D eigenvalue weighted by Gasteiger charge is 2.16. The molecule has 1 rings (SSSR count). The van der Waals surface area contributed by atoms with Gasteiger partial charge in [-0.2, -0.15) is 0 Å². The Morgan fingerprint density at radius 3 is 2.25 bits per heavy atom. The molecule has 1 unspecified atom stereocenters. The molecule has 0 aliphatic rings. The monoisotopic (exact) mass is 220 g/mol. The van der Waals surface area contributed by atoms with Gasteiger partial charge in [0.2, 0.25) is 0 Å². The van der Waals surface area contributed by atoms with Crippen molar-refractivity contribution in [3.8, 4) is 0 Å². The van der Waals surface area contributed by atoms with E-state index in [0.717, 1.165) is 12.0 Å². The van der Waals surface area contributed by atoms with Crippen LogP contribution in [0.1, 0.15) is 43.7 Å². The van der Waals surface area contributed by atoms with Crippen LogP contribution in [0.3, 0.4) is 0 Å². The molecule has 0 amide bonds. The smallest absolute Gasteiger partial charge is 0.303 e. The summed E-state index contributed by atoms with van der Waals surface area (Å²) in [7, 11) is 0. The lowest BCUT2D eigenvalue weighted by Gasteiger charge is -2.17. The molecule has 0 saturated heterocycles. The molecule has 0 aliphatic carbocycles. The van der Waals surface area contributed by atoms with Gasteiger partial charge in [0.1, 0.15) is 0 Å². The van der Waals surface area contributed by atoms with E-state index in [4.69, 9.17) is 5.11 Å². The van der Waals surface area contributed by atoms with Crippen molar-refractivity contribution in [1.82, 2.24) is 0 Å². The zero-order valence-corrected chi connectivity index (χ0v) is 10.2. The van der Waals surface area contributed by atoms with E-state index >= 15 is 0 Å². The molecule has 1 aromatic carbocycles. The van der Waals surface area contributed by atoms with E-state index in [0.29, 0.717) is 5.92 Å². The van der Waals surface area contributed by atoms with E-state index in [-0.39, 0.29) is 12.3 Å². The third kappa shape index (κ3) is 4.05. The lowest BCUT2D eigenvalue weighted by molar-refractivity contribution is -0.137. The molecule has 2 heteroatoms. The molecule has 0 spiro atoms. The summed E-state index contributed by atoms with van der Waals surface area (Å²) in [5.74, 6) is -0.0602. The normalized spacial score (nSPS) is 12.8. The summed E-state index contributed by atoms with van der Waals surface area (Å²) >= 11 is 0. The van der Waals surface area contributed by atoms with Crippen LogP contribution in [0, 0.1) is 12.8 Å². The predicted octanol–water partition coefficient (Wildman–Crippen LogP) is 3.60. The quantitative estimate of drug-likeness (QED) is 0.823. The number of carbonyl (C=O) groups is 1. The first kappa shape index (κ1) is 12.8. The van der Waals surface area contributed by atoms with Crippen molar-refractivity contribution in [3.05, 3.63) is 35.4 Å². The van der Waals surface area contributed by atoms with Crippen molar-refractivity contribution < 1.29 is 9.90 Å². The lowest BCUT2D eigenvalue weighted by atomic mass is 9.87. The van der Waals surface area contributed by atoms with Crippen LogP contribution in [0.15, 0.2) is 24.3 Å². The van der Waals surface area contributed by atoms with Crippen LogP contribution in [-0.4, -0.2) is 11.1 Å². The van der Waals surface area contributed by atoms with Crippen LogP contribution >= 0.6 is 0 Å². The van der Waals surface area contributed by atoms with Gasteiger partial charge in [0.15, 0.2) is 0 Å². The van der Waals surface area contributed by atoms with Gasteiger partial charge in [0.25, 0.3) is 0 Å². The fourth-order valence-electron chi connectivity index (χ4n) is 1.96. The molecular formula is C14H20O2. The van der Waals surface area contributed by atoms with Crippen LogP contribution in [0.2, 0.25) is 0 Å². The first-order valence-corrected chi connectivity index (χ1v) is 5.77. The first-order valence-electron chi connectivity index (χ1n) is 5.77. The van der Waals surface area contributed by atoms with Crippen LogP contribution in [0.4, 0.5) is 0 Å². The Kier molecular flexibility index (Phi) is 4.53. The second kappa shape index (κ2) is 5.69. The molecule has 0 fully saturated rings. The summed E-state index contributed by atoms with van der Waals surface area (Å²) in [4.78, 5) is 10.8. The van der Waals surface area contributed by atoms with Gasteiger partial charge in [0, 0.05) is 0 Å². The number of hydrogen-bond acceptors (Lipinski definition) is 1. The minimum absolute atomic E-state index is 0.137. The lowest BCUT2D eigenvalue weighted by Crippen LogP contribution is -2.09. The fraction of sp³-hybridized carbons (Fsp3) is 0.500. The Morgan fingerprint density at radius 2 is 1.81 bits per heavy atom. The van der Waals surface area contributed by atoms with Crippen LogP contribution in [-0.2, 0) is 4.79 Å². The molecule has 1 atom stereocenters. The maximum absolute atomic E-state index is 10.8. The van der Waals surface area contributed by atoms with Gasteiger partial charge >= 0.3 is 5.97 Å². The van der Waals surface area contributed by atoms with Crippen LogP contribution < -0.4 is 0 Å². The molecular weight excluding hydrogens is 200 g/mol. The summed E-state index contributed by atoms with van der Waals surface area (Å²) in [6.45, 7) is 6.30. The Labute approximate surface area is 97.3 Å². The molecule has 16 heavy (non-hydrogen) atoms. The molecule has 0 bridgehead atoms. The van der Waals surface area contributed by atoms with Crippen molar-refractivity contribution in [2.45, 2.75) is 39.5 Å². The molecule has 0 aromatic heterocycles. The van der Waals surface area contributed by atoms with Gasteiger partial charge in [-0.05, 0) is 30.7 Å². The number of aliphatic carboxylic acids is 1. The maximum atomic E-state index is 10.8. The number of aryl methyl sites for hydroxylation is 1. The Morgan fingerprint density at radius 1 is 1.25 bits per heavy atom. The second-order valence-electron chi connectivity index (χ2n) is 4.84. The van der Waals surface area contributed by atoms with Gasteiger partial charge in [0.05, 0.1) is 6.42 Å². The van der Waals surface area contributed by atoms with Crippen molar-refractivity contribution in [2.24, 2.45) is 5.92 Å².